The van der Waals surface area contributed by atoms with Crippen LogP contribution in [0.4, 0.5) is 5.69 Å². The molecule has 4 heteroatoms. The predicted octanol–water partition coefficient (Wildman–Crippen LogP) is 1.32. The Hall–Kier alpha value is -1.55. The number of benzene rings is 1. The van der Waals surface area contributed by atoms with Crippen LogP contribution in [0.1, 0.15) is 19.4 Å². The van der Waals surface area contributed by atoms with E-state index in [0.717, 1.165) is 6.42 Å². The van der Waals surface area contributed by atoms with Crippen molar-refractivity contribution in [2.45, 2.75) is 26.3 Å². The molecular formula is C13H21N3O. The van der Waals surface area contributed by atoms with Crippen LogP contribution in [0.3, 0.4) is 0 Å². The van der Waals surface area contributed by atoms with E-state index in [1.54, 1.807) is 0 Å². The van der Waals surface area contributed by atoms with Crippen molar-refractivity contribution in [3.8, 4) is 0 Å². The van der Waals surface area contributed by atoms with Crippen LogP contribution in [-0.4, -0.2) is 26.0 Å². The van der Waals surface area contributed by atoms with Crippen molar-refractivity contribution in [3.63, 3.8) is 0 Å². The maximum atomic E-state index is 10.7. The fourth-order valence-electron chi connectivity index (χ4n) is 1.56. The number of carbonyl (C=O) groups excluding carboxylic acids is 1. The topological polar surface area (TPSA) is 44.4 Å². The number of carbonyl (C=O) groups is 1. The summed E-state index contributed by atoms with van der Waals surface area (Å²) in [6.07, 6.45) is 0.883. The van der Waals surface area contributed by atoms with Crippen LogP contribution in [0.15, 0.2) is 24.3 Å². The highest BCUT2D eigenvalue weighted by molar-refractivity contribution is 5.72. The first kappa shape index (κ1) is 13.5. The van der Waals surface area contributed by atoms with Crippen molar-refractivity contribution in [2.24, 2.45) is 0 Å². The average Bonchev–Trinajstić information content (AvgIpc) is 2.27. The maximum Gasteiger partial charge on any atom is 0.230 e. The summed E-state index contributed by atoms with van der Waals surface area (Å²) in [5.74, 6) is -0.0696. The number of nitrogens with one attached hydrogen (secondary N) is 2. The molecule has 0 bridgehead atoms. The van der Waals surface area contributed by atoms with Gasteiger partial charge in [0, 0.05) is 32.7 Å². The minimum absolute atomic E-state index is 0.0696. The molecule has 0 aliphatic heterocycles. The summed E-state index contributed by atoms with van der Waals surface area (Å²) in [4.78, 5) is 12.8. The summed E-state index contributed by atoms with van der Waals surface area (Å²) >= 11 is 0. The standard InChI is InChI=1S/C13H21N3O/c1-10(14-15-11(2)17)9-12-5-7-13(8-6-12)16(3)4/h5-8,10,14H,9H2,1-4H3,(H,15,17)/t10-/m1/s1. The molecule has 4 nitrogen and oxygen atoms in total. The first-order valence-electron chi connectivity index (χ1n) is 5.77. The Morgan fingerprint density at radius 3 is 2.35 bits per heavy atom. The molecule has 17 heavy (non-hydrogen) atoms. The third-order valence-electron chi connectivity index (χ3n) is 2.49. The molecule has 0 fully saturated rings. The number of hydrogen-bond donors (Lipinski definition) is 2. The number of nitrogens with zero attached hydrogens (tertiary/aromatic N) is 1. The van der Waals surface area contributed by atoms with Crippen molar-refractivity contribution >= 4 is 11.6 Å². The third kappa shape index (κ3) is 4.87. The molecule has 0 saturated carbocycles. The lowest BCUT2D eigenvalue weighted by Crippen LogP contribution is -2.42. The van der Waals surface area contributed by atoms with Crippen molar-refractivity contribution in [3.05, 3.63) is 29.8 Å². The normalized spacial score (nSPS) is 12.0. The van der Waals surface area contributed by atoms with Gasteiger partial charge in [0.25, 0.3) is 0 Å². The van der Waals surface area contributed by atoms with E-state index < -0.39 is 0 Å². The Morgan fingerprint density at radius 1 is 1.29 bits per heavy atom. The Morgan fingerprint density at radius 2 is 1.88 bits per heavy atom. The molecule has 2 N–H and O–H groups in total. The van der Waals surface area contributed by atoms with Crippen LogP contribution in [0.5, 0.6) is 0 Å². The molecule has 0 unspecified atom stereocenters. The van der Waals surface area contributed by atoms with E-state index >= 15 is 0 Å². The summed E-state index contributed by atoms with van der Waals surface area (Å²) in [6.45, 7) is 3.53. The van der Waals surface area contributed by atoms with Crippen molar-refractivity contribution < 1.29 is 4.79 Å². The van der Waals surface area contributed by atoms with Crippen LogP contribution in [0, 0.1) is 0 Å². The van der Waals surface area contributed by atoms with E-state index in [1.807, 2.05) is 21.0 Å². The summed E-state index contributed by atoms with van der Waals surface area (Å²) in [5, 5.41) is 0. The Bertz CT molecular complexity index is 359. The molecule has 1 aromatic carbocycles. The number of hydrazine groups is 1. The van der Waals surface area contributed by atoms with Gasteiger partial charge >= 0.3 is 0 Å². The van der Waals surface area contributed by atoms with Gasteiger partial charge in [-0.3, -0.25) is 10.2 Å². The van der Waals surface area contributed by atoms with Crippen molar-refractivity contribution in [2.75, 3.05) is 19.0 Å². The lowest BCUT2D eigenvalue weighted by atomic mass is 10.1. The van der Waals surface area contributed by atoms with E-state index in [0.29, 0.717) is 0 Å². The van der Waals surface area contributed by atoms with Gasteiger partial charge in [-0.1, -0.05) is 12.1 Å². The van der Waals surface area contributed by atoms with Gasteiger partial charge in [-0.25, -0.2) is 5.43 Å². The molecule has 0 saturated heterocycles. The largest absolute Gasteiger partial charge is 0.378 e. The zero-order chi connectivity index (χ0) is 12.8. The van der Waals surface area contributed by atoms with E-state index in [2.05, 4.69) is 40.0 Å². The number of amides is 1. The zero-order valence-corrected chi connectivity index (χ0v) is 10.9. The molecule has 0 heterocycles. The van der Waals surface area contributed by atoms with Gasteiger partial charge in [-0.05, 0) is 31.0 Å². The minimum Gasteiger partial charge on any atom is -0.378 e. The van der Waals surface area contributed by atoms with Gasteiger partial charge in [0.05, 0.1) is 0 Å². The van der Waals surface area contributed by atoms with Crippen LogP contribution in [0.25, 0.3) is 0 Å². The van der Waals surface area contributed by atoms with Crippen LogP contribution < -0.4 is 15.8 Å². The van der Waals surface area contributed by atoms with Crippen molar-refractivity contribution in [1.82, 2.24) is 10.9 Å². The molecule has 0 aliphatic carbocycles. The molecule has 1 aromatic rings. The van der Waals surface area contributed by atoms with Crippen molar-refractivity contribution in [1.29, 1.82) is 0 Å². The SMILES string of the molecule is CC(=O)NN[C@H](C)Cc1ccc(N(C)C)cc1. The number of rotatable bonds is 5. The Balaban J connectivity index is 2.48. The fourth-order valence-corrected chi connectivity index (χ4v) is 1.56. The summed E-state index contributed by atoms with van der Waals surface area (Å²) in [5.41, 5.74) is 8.00. The average molecular weight is 235 g/mol. The molecule has 0 aromatic heterocycles. The first-order chi connectivity index (χ1) is 7.99. The molecule has 0 spiro atoms. The van der Waals surface area contributed by atoms with Gasteiger partial charge in [-0.15, -0.1) is 0 Å². The Kier molecular flexibility index (Phi) is 4.97. The Labute approximate surface area is 103 Å². The molecule has 94 valence electrons. The highest BCUT2D eigenvalue weighted by atomic mass is 16.2. The van der Waals surface area contributed by atoms with Gasteiger partial charge in [-0.2, -0.15) is 0 Å². The number of anilines is 1. The second-order valence-corrected chi connectivity index (χ2v) is 4.49. The highest BCUT2D eigenvalue weighted by Gasteiger charge is 2.03. The molecule has 1 atom stereocenters. The first-order valence-corrected chi connectivity index (χ1v) is 5.77. The summed E-state index contributed by atoms with van der Waals surface area (Å²) in [6, 6.07) is 8.63. The smallest absolute Gasteiger partial charge is 0.230 e. The van der Waals surface area contributed by atoms with E-state index in [-0.39, 0.29) is 11.9 Å². The zero-order valence-electron chi connectivity index (χ0n) is 10.9. The lowest BCUT2D eigenvalue weighted by Gasteiger charge is -2.16. The number of hydrogen-bond acceptors (Lipinski definition) is 3. The molecular weight excluding hydrogens is 214 g/mol. The van der Waals surface area contributed by atoms with E-state index in [4.69, 9.17) is 0 Å². The van der Waals surface area contributed by atoms with E-state index in [9.17, 15) is 4.79 Å². The highest BCUT2D eigenvalue weighted by Crippen LogP contribution is 2.13. The third-order valence-corrected chi connectivity index (χ3v) is 2.49. The lowest BCUT2D eigenvalue weighted by molar-refractivity contribution is -0.120. The van der Waals surface area contributed by atoms with Crippen LogP contribution >= 0.6 is 0 Å². The quantitative estimate of drug-likeness (QED) is 0.757. The maximum absolute atomic E-state index is 10.7. The molecule has 1 rings (SSSR count). The molecule has 0 aliphatic rings. The van der Waals surface area contributed by atoms with Crippen LogP contribution in [0.2, 0.25) is 0 Å². The minimum atomic E-state index is -0.0696. The van der Waals surface area contributed by atoms with E-state index in [1.165, 1.54) is 18.2 Å². The van der Waals surface area contributed by atoms with Crippen LogP contribution in [-0.2, 0) is 11.2 Å². The summed E-state index contributed by atoms with van der Waals surface area (Å²) in [7, 11) is 4.05. The van der Waals surface area contributed by atoms with Gasteiger partial charge in [0.1, 0.15) is 0 Å². The van der Waals surface area contributed by atoms with Gasteiger partial charge in [0.15, 0.2) is 0 Å². The second kappa shape index (κ2) is 6.25. The molecule has 0 radical (unpaired) electrons. The molecule has 1 amide bonds. The van der Waals surface area contributed by atoms with Gasteiger partial charge in [0.2, 0.25) is 5.91 Å². The summed E-state index contributed by atoms with van der Waals surface area (Å²) < 4.78 is 0. The predicted molar refractivity (Wildman–Crippen MR) is 70.9 cm³/mol. The second-order valence-electron chi connectivity index (χ2n) is 4.49. The fraction of sp³-hybridized carbons (Fsp3) is 0.462. The van der Waals surface area contributed by atoms with Gasteiger partial charge < -0.3 is 4.90 Å². The monoisotopic (exact) mass is 235 g/mol.